The standard InChI is InChI=1S/C10H18O2.C7H12O2/c1-3-5-6-7-8-9-10(11)12-4-2;1-5-9-6(8)7(2,3)4/h4H,2-3,5-9H2,1H3;5H,1H2,2-4H3. The average molecular weight is 298 g/mol. The molecule has 0 amide bonds. The molecule has 0 aliphatic rings. The van der Waals surface area contributed by atoms with Crippen molar-refractivity contribution in [2.45, 2.75) is 66.2 Å². The Hall–Kier alpha value is -1.58. The molecule has 0 spiro atoms. The van der Waals surface area contributed by atoms with Gasteiger partial charge in [0.25, 0.3) is 0 Å². The Morgan fingerprint density at radius 2 is 1.48 bits per heavy atom. The summed E-state index contributed by atoms with van der Waals surface area (Å²) in [6.07, 6.45) is 8.63. The van der Waals surface area contributed by atoms with E-state index in [1.807, 2.05) is 0 Å². The van der Waals surface area contributed by atoms with Crippen molar-refractivity contribution >= 4 is 11.9 Å². The minimum Gasteiger partial charge on any atom is -0.435 e. The van der Waals surface area contributed by atoms with Crippen molar-refractivity contribution in [1.29, 1.82) is 0 Å². The molecule has 0 heterocycles. The lowest BCUT2D eigenvalue weighted by molar-refractivity contribution is -0.146. The van der Waals surface area contributed by atoms with Gasteiger partial charge in [-0.15, -0.1) is 0 Å². The maximum atomic E-state index is 10.8. The lowest BCUT2D eigenvalue weighted by Crippen LogP contribution is -2.20. The molecule has 0 aromatic rings. The van der Waals surface area contributed by atoms with Gasteiger partial charge < -0.3 is 9.47 Å². The summed E-state index contributed by atoms with van der Waals surface area (Å²) >= 11 is 0. The fourth-order valence-corrected chi connectivity index (χ4v) is 1.28. The highest BCUT2D eigenvalue weighted by molar-refractivity contribution is 5.75. The second kappa shape index (κ2) is 13.4. The summed E-state index contributed by atoms with van der Waals surface area (Å²) in [5.41, 5.74) is -0.422. The lowest BCUT2D eigenvalue weighted by atomic mass is 9.98. The largest absolute Gasteiger partial charge is 0.435 e. The van der Waals surface area contributed by atoms with E-state index < -0.39 is 5.41 Å². The van der Waals surface area contributed by atoms with Crippen molar-refractivity contribution in [3.8, 4) is 0 Å². The van der Waals surface area contributed by atoms with Crippen LogP contribution in [0, 0.1) is 5.41 Å². The number of esters is 2. The Balaban J connectivity index is 0. The monoisotopic (exact) mass is 298 g/mol. The van der Waals surface area contributed by atoms with Crippen LogP contribution in [-0.2, 0) is 19.1 Å². The summed E-state index contributed by atoms with van der Waals surface area (Å²) < 4.78 is 9.10. The first-order valence-corrected chi connectivity index (χ1v) is 7.42. The molecule has 0 aromatic carbocycles. The van der Waals surface area contributed by atoms with Crippen molar-refractivity contribution in [3.63, 3.8) is 0 Å². The highest BCUT2D eigenvalue weighted by Crippen LogP contribution is 2.14. The quantitative estimate of drug-likeness (QED) is 0.368. The molecule has 0 aliphatic heterocycles. The number of hydrogen-bond acceptors (Lipinski definition) is 4. The zero-order valence-corrected chi connectivity index (χ0v) is 13.9. The fraction of sp³-hybridized carbons (Fsp3) is 0.647. The number of ether oxygens (including phenoxy) is 2. The summed E-state index contributed by atoms with van der Waals surface area (Å²) in [4.78, 5) is 21.6. The summed E-state index contributed by atoms with van der Waals surface area (Å²) in [6.45, 7) is 14.1. The van der Waals surface area contributed by atoms with Crippen LogP contribution >= 0.6 is 0 Å². The Bertz CT molecular complexity index is 313. The van der Waals surface area contributed by atoms with Gasteiger partial charge in [-0.05, 0) is 27.2 Å². The second-order valence-corrected chi connectivity index (χ2v) is 5.64. The number of rotatable bonds is 8. The lowest BCUT2D eigenvalue weighted by Gasteiger charge is -2.13. The van der Waals surface area contributed by atoms with Crippen molar-refractivity contribution in [2.24, 2.45) is 5.41 Å². The van der Waals surface area contributed by atoms with Gasteiger partial charge in [-0.25, -0.2) is 0 Å². The molecule has 4 nitrogen and oxygen atoms in total. The first-order chi connectivity index (χ1) is 9.79. The smallest absolute Gasteiger partial charge is 0.316 e. The van der Waals surface area contributed by atoms with E-state index in [1.165, 1.54) is 25.5 Å². The van der Waals surface area contributed by atoms with E-state index in [9.17, 15) is 9.59 Å². The van der Waals surface area contributed by atoms with Gasteiger partial charge in [-0.2, -0.15) is 0 Å². The Labute approximate surface area is 129 Å². The van der Waals surface area contributed by atoms with Crippen LogP contribution in [-0.4, -0.2) is 11.9 Å². The van der Waals surface area contributed by atoms with Gasteiger partial charge in [0.15, 0.2) is 0 Å². The van der Waals surface area contributed by atoms with Crippen LogP contribution in [0.2, 0.25) is 0 Å². The number of carbonyl (C=O) groups excluding carboxylic acids is 2. The molecule has 0 unspecified atom stereocenters. The van der Waals surface area contributed by atoms with Crippen LogP contribution in [0.1, 0.15) is 66.2 Å². The fourth-order valence-electron chi connectivity index (χ4n) is 1.28. The number of unbranched alkanes of at least 4 members (excludes halogenated alkanes) is 4. The normalized spacial score (nSPS) is 9.90. The predicted molar refractivity (Wildman–Crippen MR) is 85.4 cm³/mol. The molecule has 0 fully saturated rings. The van der Waals surface area contributed by atoms with Gasteiger partial charge in [0, 0.05) is 6.42 Å². The van der Waals surface area contributed by atoms with Crippen LogP contribution in [0.4, 0.5) is 0 Å². The molecule has 122 valence electrons. The van der Waals surface area contributed by atoms with E-state index in [0.29, 0.717) is 6.42 Å². The van der Waals surface area contributed by atoms with Crippen LogP contribution in [0.3, 0.4) is 0 Å². The molecule has 0 radical (unpaired) electrons. The molecule has 0 atom stereocenters. The molecule has 0 aliphatic carbocycles. The van der Waals surface area contributed by atoms with E-state index in [4.69, 9.17) is 0 Å². The highest BCUT2D eigenvalue weighted by Gasteiger charge is 2.21. The van der Waals surface area contributed by atoms with Crippen LogP contribution in [0.5, 0.6) is 0 Å². The Morgan fingerprint density at radius 3 is 1.86 bits per heavy atom. The van der Waals surface area contributed by atoms with Crippen molar-refractivity contribution < 1.29 is 19.1 Å². The SMILES string of the molecule is C=COC(=O)C(C)(C)C.C=COC(=O)CCCCCCC. The van der Waals surface area contributed by atoms with E-state index in [2.05, 4.69) is 29.6 Å². The molecular formula is C17H30O4. The molecule has 0 saturated heterocycles. The molecule has 4 heteroatoms. The van der Waals surface area contributed by atoms with E-state index in [1.54, 1.807) is 20.8 Å². The van der Waals surface area contributed by atoms with Crippen LogP contribution in [0.15, 0.2) is 25.7 Å². The molecule has 0 N–H and O–H groups in total. The summed E-state index contributed by atoms with van der Waals surface area (Å²) in [7, 11) is 0. The van der Waals surface area contributed by atoms with Crippen LogP contribution in [0.25, 0.3) is 0 Å². The summed E-state index contributed by atoms with van der Waals surface area (Å²) in [5.74, 6) is -0.418. The van der Waals surface area contributed by atoms with Crippen LogP contribution < -0.4 is 0 Å². The van der Waals surface area contributed by atoms with Crippen molar-refractivity contribution in [2.75, 3.05) is 0 Å². The topological polar surface area (TPSA) is 52.6 Å². The van der Waals surface area contributed by atoms with Gasteiger partial charge in [-0.3, -0.25) is 9.59 Å². The molecule has 21 heavy (non-hydrogen) atoms. The third-order valence-electron chi connectivity index (χ3n) is 2.50. The Morgan fingerprint density at radius 1 is 0.952 bits per heavy atom. The molecule has 0 aromatic heterocycles. The first-order valence-electron chi connectivity index (χ1n) is 7.42. The molecule has 0 bridgehead atoms. The molecule has 0 rings (SSSR count). The highest BCUT2D eigenvalue weighted by atomic mass is 16.5. The van der Waals surface area contributed by atoms with Gasteiger partial charge in [0.05, 0.1) is 17.9 Å². The maximum absolute atomic E-state index is 10.8. The van der Waals surface area contributed by atoms with Gasteiger partial charge in [0.1, 0.15) is 0 Å². The molecular weight excluding hydrogens is 268 g/mol. The van der Waals surface area contributed by atoms with E-state index >= 15 is 0 Å². The minimum absolute atomic E-state index is 0.165. The minimum atomic E-state index is -0.422. The third kappa shape index (κ3) is 16.4. The predicted octanol–water partition coefficient (Wildman–Crippen LogP) is 4.75. The Kier molecular flexibility index (Phi) is 13.9. The first kappa shape index (κ1) is 21.7. The molecule has 0 saturated carbocycles. The zero-order chi connectivity index (χ0) is 16.7. The van der Waals surface area contributed by atoms with Crippen molar-refractivity contribution in [1.82, 2.24) is 0 Å². The number of carbonyl (C=O) groups is 2. The maximum Gasteiger partial charge on any atom is 0.316 e. The van der Waals surface area contributed by atoms with Gasteiger partial charge >= 0.3 is 11.9 Å². The van der Waals surface area contributed by atoms with E-state index in [0.717, 1.165) is 19.1 Å². The third-order valence-corrected chi connectivity index (χ3v) is 2.50. The van der Waals surface area contributed by atoms with Gasteiger partial charge in [0.2, 0.25) is 0 Å². The van der Waals surface area contributed by atoms with Crippen molar-refractivity contribution in [3.05, 3.63) is 25.7 Å². The average Bonchev–Trinajstić information content (AvgIpc) is 2.39. The summed E-state index contributed by atoms with van der Waals surface area (Å²) in [6, 6.07) is 0. The van der Waals surface area contributed by atoms with Gasteiger partial charge in [-0.1, -0.05) is 45.8 Å². The second-order valence-electron chi connectivity index (χ2n) is 5.64. The number of hydrogen-bond donors (Lipinski definition) is 0. The summed E-state index contributed by atoms with van der Waals surface area (Å²) in [5, 5.41) is 0. The zero-order valence-electron chi connectivity index (χ0n) is 13.9. The van der Waals surface area contributed by atoms with E-state index in [-0.39, 0.29) is 11.9 Å².